The van der Waals surface area contributed by atoms with Crippen LogP contribution in [0, 0.1) is 0 Å². The van der Waals surface area contributed by atoms with Gasteiger partial charge in [-0.3, -0.25) is 0 Å². The highest BCUT2D eigenvalue weighted by Crippen LogP contribution is 2.27. The number of imidazole rings is 1. The second-order valence-corrected chi connectivity index (χ2v) is 7.34. The Balaban J connectivity index is 1.75. The third kappa shape index (κ3) is 3.89. The summed E-state index contributed by atoms with van der Waals surface area (Å²) in [7, 11) is 1.67. The molecule has 0 spiro atoms. The lowest BCUT2D eigenvalue weighted by molar-refractivity contribution is 0.414. The maximum absolute atomic E-state index is 5.24. The molecule has 4 rings (SSSR count). The van der Waals surface area contributed by atoms with Gasteiger partial charge in [-0.1, -0.05) is 43.0 Å². The van der Waals surface area contributed by atoms with Gasteiger partial charge in [-0.15, -0.1) is 0 Å². The molecule has 0 aliphatic carbocycles. The number of hydrogen-bond donors (Lipinski definition) is 1. The monoisotopic (exact) mass is 399 g/mol. The summed E-state index contributed by atoms with van der Waals surface area (Å²) in [6.45, 7) is 8.72. The fourth-order valence-electron chi connectivity index (χ4n) is 3.28. The number of nitrogens with one attached hydrogen (secondary N) is 1. The zero-order valence-corrected chi connectivity index (χ0v) is 17.5. The Hall–Kier alpha value is -3.67. The van der Waals surface area contributed by atoms with E-state index in [0.717, 1.165) is 33.6 Å². The molecule has 0 radical (unpaired) electrons. The average molecular weight is 399 g/mol. The predicted octanol–water partition coefficient (Wildman–Crippen LogP) is 5.34. The van der Waals surface area contributed by atoms with Crippen LogP contribution in [0.25, 0.3) is 28.6 Å². The van der Waals surface area contributed by atoms with Crippen molar-refractivity contribution in [3.63, 3.8) is 0 Å². The summed E-state index contributed by atoms with van der Waals surface area (Å²) in [4.78, 5) is 14.2. The van der Waals surface area contributed by atoms with Crippen LogP contribution in [0.15, 0.2) is 61.4 Å². The van der Waals surface area contributed by atoms with Crippen molar-refractivity contribution < 1.29 is 4.74 Å². The van der Waals surface area contributed by atoms with Gasteiger partial charge in [0.15, 0.2) is 17.3 Å². The van der Waals surface area contributed by atoms with E-state index in [4.69, 9.17) is 14.7 Å². The van der Waals surface area contributed by atoms with Gasteiger partial charge in [0, 0.05) is 18.2 Å². The normalized spacial score (nSPS) is 11.1. The van der Waals surface area contributed by atoms with E-state index in [1.807, 2.05) is 60.9 Å². The van der Waals surface area contributed by atoms with E-state index >= 15 is 0 Å². The van der Waals surface area contributed by atoms with Gasteiger partial charge in [-0.25, -0.2) is 15.0 Å². The number of aromatic nitrogens is 4. The van der Waals surface area contributed by atoms with Crippen molar-refractivity contribution in [2.24, 2.45) is 0 Å². The SMILES string of the molecule is C=Cc1cccc(-c2nc(NCc3ccc(OC)cc3)c3ncn(C(C)C)c3n2)c1. The fourth-order valence-corrected chi connectivity index (χ4v) is 3.28. The Bertz CT molecular complexity index is 1180. The molecule has 4 aromatic rings. The van der Waals surface area contributed by atoms with E-state index in [2.05, 4.69) is 35.3 Å². The predicted molar refractivity (Wildman–Crippen MR) is 122 cm³/mol. The molecule has 1 N–H and O–H groups in total. The topological polar surface area (TPSA) is 64.9 Å². The molecule has 152 valence electrons. The quantitative estimate of drug-likeness (QED) is 0.454. The lowest BCUT2D eigenvalue weighted by Crippen LogP contribution is -2.06. The van der Waals surface area contributed by atoms with E-state index in [9.17, 15) is 0 Å². The van der Waals surface area contributed by atoms with Gasteiger partial charge >= 0.3 is 0 Å². The van der Waals surface area contributed by atoms with E-state index in [0.29, 0.717) is 18.2 Å². The van der Waals surface area contributed by atoms with E-state index in [1.54, 1.807) is 7.11 Å². The van der Waals surface area contributed by atoms with Crippen molar-refractivity contribution in [1.82, 2.24) is 19.5 Å². The van der Waals surface area contributed by atoms with Crippen molar-refractivity contribution in [2.75, 3.05) is 12.4 Å². The van der Waals surface area contributed by atoms with E-state index < -0.39 is 0 Å². The molecule has 30 heavy (non-hydrogen) atoms. The molecule has 0 aliphatic heterocycles. The second kappa shape index (κ2) is 8.37. The minimum atomic E-state index is 0.242. The Kier molecular flexibility index (Phi) is 5.48. The van der Waals surface area contributed by atoms with Crippen LogP contribution in [0.5, 0.6) is 5.75 Å². The summed E-state index contributed by atoms with van der Waals surface area (Å²) in [5.74, 6) is 2.21. The molecule has 0 saturated heterocycles. The van der Waals surface area contributed by atoms with Crippen molar-refractivity contribution >= 4 is 23.1 Å². The van der Waals surface area contributed by atoms with Crippen molar-refractivity contribution in [3.05, 3.63) is 72.6 Å². The number of anilines is 1. The van der Waals surface area contributed by atoms with Gasteiger partial charge in [0.05, 0.1) is 13.4 Å². The molecular formula is C24H25N5O. The van der Waals surface area contributed by atoms with Crippen LogP contribution in [-0.2, 0) is 6.54 Å². The van der Waals surface area contributed by atoms with Crippen LogP contribution in [0.3, 0.4) is 0 Å². The number of rotatable bonds is 7. The third-order valence-electron chi connectivity index (χ3n) is 4.98. The summed E-state index contributed by atoms with van der Waals surface area (Å²) < 4.78 is 7.30. The Morgan fingerprint density at radius 3 is 2.63 bits per heavy atom. The molecule has 0 aliphatic rings. The second-order valence-electron chi connectivity index (χ2n) is 7.34. The lowest BCUT2D eigenvalue weighted by atomic mass is 10.1. The molecule has 0 atom stereocenters. The Morgan fingerprint density at radius 1 is 1.13 bits per heavy atom. The first-order valence-electron chi connectivity index (χ1n) is 9.93. The Morgan fingerprint density at radius 2 is 1.93 bits per heavy atom. The highest BCUT2D eigenvalue weighted by molar-refractivity contribution is 5.85. The van der Waals surface area contributed by atoms with Gasteiger partial charge in [-0.2, -0.15) is 0 Å². The summed E-state index contributed by atoms with van der Waals surface area (Å²) in [6, 6.07) is 16.3. The van der Waals surface area contributed by atoms with Gasteiger partial charge in [0.1, 0.15) is 11.3 Å². The largest absolute Gasteiger partial charge is 0.497 e. The number of ether oxygens (including phenoxy) is 1. The maximum atomic E-state index is 5.24. The summed E-state index contributed by atoms with van der Waals surface area (Å²) in [6.07, 6.45) is 3.65. The molecule has 0 unspecified atom stereocenters. The molecular weight excluding hydrogens is 374 g/mol. The Labute approximate surface area is 176 Å². The van der Waals surface area contributed by atoms with Gasteiger partial charge < -0.3 is 14.6 Å². The zero-order valence-electron chi connectivity index (χ0n) is 17.5. The zero-order chi connectivity index (χ0) is 21.1. The molecule has 2 heterocycles. The minimum absolute atomic E-state index is 0.242. The minimum Gasteiger partial charge on any atom is -0.497 e. The molecule has 6 heteroatoms. The number of benzene rings is 2. The standard InChI is InChI=1S/C24H25N5O/c1-5-17-7-6-8-19(13-17)22-27-23(21-24(28-22)29(15-26-21)16(2)3)25-14-18-9-11-20(30-4)12-10-18/h5-13,15-16H,1,14H2,2-4H3,(H,25,27,28). The van der Waals surface area contributed by atoms with E-state index in [-0.39, 0.29) is 6.04 Å². The summed E-state index contributed by atoms with van der Waals surface area (Å²) in [5.41, 5.74) is 4.68. The van der Waals surface area contributed by atoms with Crippen molar-refractivity contribution in [1.29, 1.82) is 0 Å². The van der Waals surface area contributed by atoms with Crippen LogP contribution >= 0.6 is 0 Å². The lowest BCUT2D eigenvalue weighted by Gasteiger charge is -2.12. The maximum Gasteiger partial charge on any atom is 0.166 e. The van der Waals surface area contributed by atoms with Gasteiger partial charge in [0.2, 0.25) is 0 Å². The van der Waals surface area contributed by atoms with Crippen LogP contribution in [0.4, 0.5) is 5.82 Å². The third-order valence-corrected chi connectivity index (χ3v) is 4.98. The van der Waals surface area contributed by atoms with E-state index in [1.165, 1.54) is 0 Å². The summed E-state index contributed by atoms with van der Waals surface area (Å²) >= 11 is 0. The fraction of sp³-hybridized carbons (Fsp3) is 0.208. The molecule has 0 fully saturated rings. The highest BCUT2D eigenvalue weighted by atomic mass is 16.5. The van der Waals surface area contributed by atoms with Crippen LogP contribution < -0.4 is 10.1 Å². The smallest absolute Gasteiger partial charge is 0.166 e. The molecule has 0 bridgehead atoms. The first-order valence-corrected chi connectivity index (χ1v) is 9.93. The molecule has 2 aromatic heterocycles. The van der Waals surface area contributed by atoms with Crippen molar-refractivity contribution in [2.45, 2.75) is 26.4 Å². The van der Waals surface area contributed by atoms with Gasteiger partial charge in [-0.05, 0) is 43.2 Å². The van der Waals surface area contributed by atoms with Crippen LogP contribution in [0.1, 0.15) is 31.0 Å². The average Bonchev–Trinajstić information content (AvgIpc) is 3.22. The molecule has 6 nitrogen and oxygen atoms in total. The van der Waals surface area contributed by atoms with Gasteiger partial charge in [0.25, 0.3) is 0 Å². The number of methoxy groups -OCH3 is 1. The molecule has 2 aromatic carbocycles. The van der Waals surface area contributed by atoms with Crippen LogP contribution in [0.2, 0.25) is 0 Å². The highest BCUT2D eigenvalue weighted by Gasteiger charge is 2.16. The first-order chi connectivity index (χ1) is 14.6. The first kappa shape index (κ1) is 19.6. The van der Waals surface area contributed by atoms with Crippen molar-refractivity contribution in [3.8, 4) is 17.1 Å². The number of nitrogens with zero attached hydrogens (tertiary/aromatic N) is 4. The summed E-state index contributed by atoms with van der Waals surface area (Å²) in [5, 5.41) is 3.44. The van der Waals surface area contributed by atoms with Crippen LogP contribution in [-0.4, -0.2) is 26.6 Å². The molecule has 0 amide bonds. The number of fused-ring (bicyclic) bond motifs is 1. The number of hydrogen-bond acceptors (Lipinski definition) is 5. The molecule has 0 saturated carbocycles.